The van der Waals surface area contributed by atoms with Gasteiger partial charge in [0.15, 0.2) is 11.5 Å². The Morgan fingerprint density at radius 1 is 1.07 bits per heavy atom. The van der Waals surface area contributed by atoms with Crippen molar-refractivity contribution in [2.24, 2.45) is 5.10 Å². The molecule has 1 aliphatic rings. The van der Waals surface area contributed by atoms with Crippen LogP contribution in [0, 0.1) is 0 Å². The molecule has 0 radical (unpaired) electrons. The maximum atomic E-state index is 12.8. The molecule has 0 saturated heterocycles. The first-order valence-electron chi connectivity index (χ1n) is 9.40. The standard InChI is InChI=1S/C22H24N2O5/c1-28-19-12-11-16(13-20(19)29-2)17-14-18(15-7-4-3-5-8-15)24(23-17)21(25)9-6-10-22(26)27/h3-5,7-8,11-13,18H,6,9-10,14H2,1-2H3,(H,26,27)/p-1/t18-/m0/s1. The zero-order valence-corrected chi connectivity index (χ0v) is 16.5. The molecule has 0 saturated carbocycles. The fraction of sp³-hybridized carbons (Fsp3) is 0.318. The van der Waals surface area contributed by atoms with Gasteiger partial charge in [0.25, 0.3) is 0 Å². The Hall–Kier alpha value is -3.35. The van der Waals surface area contributed by atoms with Crippen molar-refractivity contribution in [1.82, 2.24) is 5.01 Å². The van der Waals surface area contributed by atoms with Crippen LogP contribution in [0.1, 0.15) is 42.9 Å². The molecule has 3 rings (SSSR count). The van der Waals surface area contributed by atoms with Gasteiger partial charge in [0, 0.05) is 24.4 Å². The Bertz CT molecular complexity index is 911. The summed E-state index contributed by atoms with van der Waals surface area (Å²) in [6.07, 6.45) is 0.716. The maximum absolute atomic E-state index is 12.8. The number of nitrogens with zero attached hydrogens (tertiary/aromatic N) is 2. The molecular formula is C22H23N2O5-. The van der Waals surface area contributed by atoms with Crippen LogP contribution in [0.4, 0.5) is 0 Å². The lowest BCUT2D eigenvalue weighted by Crippen LogP contribution is -2.28. The second kappa shape index (κ2) is 9.23. The van der Waals surface area contributed by atoms with Crippen LogP contribution in [0.2, 0.25) is 0 Å². The van der Waals surface area contributed by atoms with Crippen LogP contribution in [0.3, 0.4) is 0 Å². The van der Waals surface area contributed by atoms with Crippen molar-refractivity contribution in [3.63, 3.8) is 0 Å². The zero-order chi connectivity index (χ0) is 20.8. The quantitative estimate of drug-likeness (QED) is 0.684. The van der Waals surface area contributed by atoms with Crippen LogP contribution in [-0.4, -0.2) is 36.8 Å². The summed E-state index contributed by atoms with van der Waals surface area (Å²) in [4.78, 5) is 23.4. The fourth-order valence-corrected chi connectivity index (χ4v) is 3.36. The van der Waals surface area contributed by atoms with E-state index in [0.717, 1.165) is 16.8 Å². The van der Waals surface area contributed by atoms with Crippen molar-refractivity contribution >= 4 is 17.6 Å². The second-order valence-corrected chi connectivity index (χ2v) is 6.71. The van der Waals surface area contributed by atoms with E-state index in [1.165, 1.54) is 5.01 Å². The van der Waals surface area contributed by atoms with Gasteiger partial charge in [-0.3, -0.25) is 4.79 Å². The van der Waals surface area contributed by atoms with E-state index in [1.807, 2.05) is 42.5 Å². The topological polar surface area (TPSA) is 91.3 Å². The first-order chi connectivity index (χ1) is 14.0. The number of amides is 1. The van der Waals surface area contributed by atoms with E-state index in [4.69, 9.17) is 9.47 Å². The van der Waals surface area contributed by atoms with Gasteiger partial charge < -0.3 is 19.4 Å². The third kappa shape index (κ3) is 4.74. The number of carboxylic acids is 1. The van der Waals surface area contributed by atoms with Crippen LogP contribution in [0.15, 0.2) is 53.6 Å². The summed E-state index contributed by atoms with van der Waals surface area (Å²) in [5, 5.41) is 16.7. The Kier molecular flexibility index (Phi) is 6.49. The number of hydrogen-bond acceptors (Lipinski definition) is 6. The van der Waals surface area contributed by atoms with Crippen LogP contribution in [0.5, 0.6) is 11.5 Å². The average Bonchev–Trinajstić information content (AvgIpc) is 3.19. The van der Waals surface area contributed by atoms with Crippen molar-refractivity contribution in [2.45, 2.75) is 31.7 Å². The Labute approximate surface area is 169 Å². The van der Waals surface area contributed by atoms with E-state index in [2.05, 4.69) is 5.10 Å². The normalized spacial score (nSPS) is 15.7. The SMILES string of the molecule is COc1ccc(C2=NN(C(=O)CCCC(=O)[O-])[C@H](c3ccccc3)C2)cc1OC. The number of carboxylic acid groups (broad SMARTS) is 1. The molecule has 0 fully saturated rings. The number of ether oxygens (including phenoxy) is 2. The van der Waals surface area contributed by atoms with E-state index in [-0.39, 0.29) is 31.2 Å². The molecule has 0 bridgehead atoms. The molecule has 0 N–H and O–H groups in total. The van der Waals surface area contributed by atoms with Crippen molar-refractivity contribution in [3.05, 3.63) is 59.7 Å². The van der Waals surface area contributed by atoms with E-state index >= 15 is 0 Å². The number of rotatable bonds is 8. The smallest absolute Gasteiger partial charge is 0.243 e. The summed E-state index contributed by atoms with van der Waals surface area (Å²) >= 11 is 0. The van der Waals surface area contributed by atoms with Crippen LogP contribution < -0.4 is 14.6 Å². The highest BCUT2D eigenvalue weighted by Gasteiger charge is 2.32. The van der Waals surface area contributed by atoms with Crippen LogP contribution in [0.25, 0.3) is 0 Å². The number of carbonyl (C=O) groups is 2. The summed E-state index contributed by atoms with van der Waals surface area (Å²) in [5.41, 5.74) is 2.57. The third-order valence-electron chi connectivity index (χ3n) is 4.84. The minimum absolute atomic E-state index is 0.0972. The fourth-order valence-electron chi connectivity index (χ4n) is 3.36. The first-order valence-corrected chi connectivity index (χ1v) is 9.40. The molecule has 0 aromatic heterocycles. The molecule has 1 aliphatic heterocycles. The molecule has 7 heteroatoms. The Morgan fingerprint density at radius 2 is 1.79 bits per heavy atom. The van der Waals surface area contributed by atoms with Crippen molar-refractivity contribution in [2.75, 3.05) is 14.2 Å². The molecule has 2 aromatic carbocycles. The number of methoxy groups -OCH3 is 2. The van der Waals surface area contributed by atoms with Gasteiger partial charge in [-0.2, -0.15) is 5.10 Å². The number of carbonyl (C=O) groups excluding carboxylic acids is 2. The van der Waals surface area contributed by atoms with Crippen molar-refractivity contribution in [3.8, 4) is 11.5 Å². The Morgan fingerprint density at radius 3 is 2.45 bits per heavy atom. The molecule has 1 atom stereocenters. The molecule has 29 heavy (non-hydrogen) atoms. The van der Waals surface area contributed by atoms with Gasteiger partial charge in [0.05, 0.1) is 26.0 Å². The van der Waals surface area contributed by atoms with Gasteiger partial charge in [0.1, 0.15) is 0 Å². The molecule has 0 aliphatic carbocycles. The van der Waals surface area contributed by atoms with Crippen molar-refractivity contribution < 1.29 is 24.2 Å². The summed E-state index contributed by atoms with van der Waals surface area (Å²) in [6.45, 7) is 0. The number of hydrazone groups is 1. The van der Waals surface area contributed by atoms with E-state index < -0.39 is 5.97 Å². The minimum atomic E-state index is -1.16. The minimum Gasteiger partial charge on any atom is -0.550 e. The predicted octanol–water partition coefficient (Wildman–Crippen LogP) is 2.30. The van der Waals surface area contributed by atoms with Crippen molar-refractivity contribution in [1.29, 1.82) is 0 Å². The number of benzene rings is 2. The van der Waals surface area contributed by atoms with Gasteiger partial charge in [0.2, 0.25) is 5.91 Å². The molecular weight excluding hydrogens is 372 g/mol. The highest BCUT2D eigenvalue weighted by Crippen LogP contribution is 2.35. The molecule has 7 nitrogen and oxygen atoms in total. The number of aliphatic carboxylic acids is 1. The van der Waals surface area contributed by atoms with Gasteiger partial charge in [-0.15, -0.1) is 0 Å². The second-order valence-electron chi connectivity index (χ2n) is 6.71. The largest absolute Gasteiger partial charge is 0.550 e. The molecule has 1 heterocycles. The summed E-state index contributed by atoms with van der Waals surface area (Å²) in [7, 11) is 3.14. The van der Waals surface area contributed by atoms with Gasteiger partial charge in [-0.05, 0) is 36.6 Å². The third-order valence-corrected chi connectivity index (χ3v) is 4.84. The molecule has 1 amide bonds. The van der Waals surface area contributed by atoms with Gasteiger partial charge in [-0.25, -0.2) is 5.01 Å². The lowest BCUT2D eigenvalue weighted by Gasteiger charge is -2.22. The molecule has 0 spiro atoms. The summed E-state index contributed by atoms with van der Waals surface area (Å²) in [5.74, 6) is -0.170. The highest BCUT2D eigenvalue weighted by atomic mass is 16.5. The average molecular weight is 395 g/mol. The summed E-state index contributed by atoms with van der Waals surface area (Å²) < 4.78 is 10.7. The van der Waals surface area contributed by atoms with Crippen LogP contribution in [-0.2, 0) is 9.59 Å². The number of hydrogen-bond donors (Lipinski definition) is 0. The van der Waals surface area contributed by atoms with Gasteiger partial charge in [-0.1, -0.05) is 30.3 Å². The van der Waals surface area contributed by atoms with E-state index in [1.54, 1.807) is 20.3 Å². The molecule has 0 unspecified atom stereocenters. The molecule has 2 aromatic rings. The first kappa shape index (κ1) is 20.4. The summed E-state index contributed by atoms with van der Waals surface area (Å²) in [6, 6.07) is 15.0. The lowest BCUT2D eigenvalue weighted by molar-refractivity contribution is -0.305. The van der Waals surface area contributed by atoms with E-state index in [9.17, 15) is 14.7 Å². The Balaban J connectivity index is 1.88. The van der Waals surface area contributed by atoms with E-state index in [0.29, 0.717) is 17.9 Å². The lowest BCUT2D eigenvalue weighted by atomic mass is 9.98. The molecule has 152 valence electrons. The zero-order valence-electron chi connectivity index (χ0n) is 16.5. The highest BCUT2D eigenvalue weighted by molar-refractivity contribution is 6.03. The maximum Gasteiger partial charge on any atom is 0.243 e. The predicted molar refractivity (Wildman–Crippen MR) is 106 cm³/mol. The monoisotopic (exact) mass is 395 g/mol. The van der Waals surface area contributed by atoms with Gasteiger partial charge >= 0.3 is 0 Å². The van der Waals surface area contributed by atoms with Crippen LogP contribution >= 0.6 is 0 Å².